The van der Waals surface area contributed by atoms with Gasteiger partial charge in [-0.2, -0.15) is 0 Å². The third-order valence-electron chi connectivity index (χ3n) is 10.6. The number of rotatable bonds is 5. The molecular weight excluding hydrogens is 659 g/mol. The van der Waals surface area contributed by atoms with E-state index in [-0.39, 0.29) is 0 Å². The van der Waals surface area contributed by atoms with Crippen molar-refractivity contribution in [3.8, 4) is 50.6 Å². The Bertz CT molecular complexity index is 3200. The second kappa shape index (κ2) is 12.1. The van der Waals surface area contributed by atoms with Crippen molar-refractivity contribution in [2.75, 3.05) is 0 Å². The average molecular weight is 690 g/mol. The fourth-order valence-corrected chi connectivity index (χ4v) is 7.98. The summed E-state index contributed by atoms with van der Waals surface area (Å²) < 4.78 is 8.52. The highest BCUT2D eigenvalue weighted by Gasteiger charge is 2.16. The number of nitrogens with zero attached hydrogens (tertiary/aromatic N) is 3. The van der Waals surface area contributed by atoms with E-state index in [1.165, 1.54) is 21.8 Å². The molecule has 3 aromatic heterocycles. The Balaban J connectivity index is 1.00. The van der Waals surface area contributed by atoms with Crippen LogP contribution < -0.4 is 0 Å². The fourth-order valence-electron chi connectivity index (χ4n) is 7.98. The van der Waals surface area contributed by atoms with Gasteiger partial charge in [0.2, 0.25) is 0 Å². The molecule has 0 aliphatic heterocycles. The summed E-state index contributed by atoms with van der Waals surface area (Å²) in [5.74, 6) is 0.698. The lowest BCUT2D eigenvalue weighted by Crippen LogP contribution is -1.96. The Labute approximate surface area is 311 Å². The summed E-state index contributed by atoms with van der Waals surface area (Å²) >= 11 is 0. The topological polar surface area (TPSA) is 43.9 Å². The summed E-state index contributed by atoms with van der Waals surface area (Å²) in [5, 5.41) is 5.74. The van der Waals surface area contributed by atoms with Crippen LogP contribution in [0.2, 0.25) is 0 Å². The van der Waals surface area contributed by atoms with Crippen LogP contribution in [0.25, 0.3) is 105 Å². The van der Waals surface area contributed by atoms with Crippen molar-refractivity contribution in [2.24, 2.45) is 0 Å². The first kappa shape index (κ1) is 30.3. The smallest absolute Gasteiger partial charge is 0.160 e. The predicted octanol–water partition coefficient (Wildman–Crippen LogP) is 13.3. The molecule has 0 atom stereocenters. The molecule has 0 aliphatic rings. The third-order valence-corrected chi connectivity index (χ3v) is 10.6. The summed E-state index contributed by atoms with van der Waals surface area (Å²) in [5.41, 5.74) is 13.7. The van der Waals surface area contributed by atoms with Crippen LogP contribution in [-0.4, -0.2) is 14.5 Å². The summed E-state index contributed by atoms with van der Waals surface area (Å²) in [6.07, 6.45) is 0. The molecule has 0 aliphatic carbocycles. The molecule has 4 nitrogen and oxygen atoms in total. The lowest BCUT2D eigenvalue weighted by molar-refractivity contribution is 0.669. The van der Waals surface area contributed by atoms with E-state index in [2.05, 4.69) is 168 Å². The van der Waals surface area contributed by atoms with Crippen molar-refractivity contribution in [3.63, 3.8) is 0 Å². The van der Waals surface area contributed by atoms with Crippen LogP contribution in [0.5, 0.6) is 0 Å². The van der Waals surface area contributed by atoms with Gasteiger partial charge in [-0.15, -0.1) is 0 Å². The SMILES string of the molecule is c1ccc(-c2nc(-c3ccc(-c4ccc5c(c4)oc4ccccc45)cc3)nc3ccc(-c4ccc5c(c4)c4ccccc4n5-c4ccccc4)cc23)cc1. The third kappa shape index (κ3) is 4.92. The molecule has 0 radical (unpaired) electrons. The van der Waals surface area contributed by atoms with Crippen molar-refractivity contribution in [1.29, 1.82) is 0 Å². The molecule has 4 heteroatoms. The molecule has 252 valence electrons. The zero-order valence-electron chi connectivity index (χ0n) is 29.1. The van der Waals surface area contributed by atoms with Gasteiger partial charge in [-0.25, -0.2) is 9.97 Å². The molecule has 0 saturated carbocycles. The second-order valence-corrected chi connectivity index (χ2v) is 13.8. The maximum absolute atomic E-state index is 6.17. The van der Waals surface area contributed by atoms with E-state index in [1.54, 1.807) is 0 Å². The van der Waals surface area contributed by atoms with E-state index >= 15 is 0 Å². The molecule has 0 fully saturated rings. The van der Waals surface area contributed by atoms with E-state index in [1.807, 2.05) is 24.3 Å². The Hall–Kier alpha value is -7.30. The zero-order valence-corrected chi connectivity index (χ0v) is 29.1. The monoisotopic (exact) mass is 689 g/mol. The van der Waals surface area contributed by atoms with Crippen LogP contribution in [-0.2, 0) is 0 Å². The first-order valence-corrected chi connectivity index (χ1v) is 18.2. The van der Waals surface area contributed by atoms with Gasteiger partial charge >= 0.3 is 0 Å². The zero-order chi connectivity index (χ0) is 35.6. The molecular formula is C50H31N3O. The van der Waals surface area contributed by atoms with Crippen LogP contribution in [0.3, 0.4) is 0 Å². The second-order valence-electron chi connectivity index (χ2n) is 13.8. The Kier molecular flexibility index (Phi) is 6.82. The van der Waals surface area contributed by atoms with Crippen LogP contribution in [0.4, 0.5) is 0 Å². The van der Waals surface area contributed by atoms with Gasteiger partial charge in [-0.1, -0.05) is 127 Å². The van der Waals surface area contributed by atoms with E-state index in [9.17, 15) is 0 Å². The molecule has 54 heavy (non-hydrogen) atoms. The molecule has 0 saturated heterocycles. The largest absolute Gasteiger partial charge is 0.456 e. The van der Waals surface area contributed by atoms with Crippen molar-refractivity contribution in [2.45, 2.75) is 0 Å². The summed E-state index contributed by atoms with van der Waals surface area (Å²) in [4.78, 5) is 10.4. The lowest BCUT2D eigenvalue weighted by Gasteiger charge is -2.12. The van der Waals surface area contributed by atoms with Crippen LogP contribution in [0.15, 0.2) is 192 Å². The van der Waals surface area contributed by atoms with Crippen LogP contribution in [0.1, 0.15) is 0 Å². The van der Waals surface area contributed by atoms with E-state index < -0.39 is 0 Å². The highest BCUT2D eigenvalue weighted by molar-refractivity contribution is 6.11. The van der Waals surface area contributed by atoms with Gasteiger partial charge in [-0.05, 0) is 82.9 Å². The Morgan fingerprint density at radius 2 is 0.944 bits per heavy atom. The number of aromatic nitrogens is 3. The Morgan fingerprint density at radius 1 is 0.352 bits per heavy atom. The number of para-hydroxylation sites is 3. The molecule has 0 spiro atoms. The van der Waals surface area contributed by atoms with Gasteiger partial charge in [0.1, 0.15) is 11.2 Å². The molecule has 0 amide bonds. The predicted molar refractivity (Wildman–Crippen MR) is 223 cm³/mol. The molecule has 0 N–H and O–H groups in total. The van der Waals surface area contributed by atoms with Crippen LogP contribution >= 0.6 is 0 Å². The molecule has 0 unspecified atom stereocenters. The quantitative estimate of drug-likeness (QED) is 0.181. The van der Waals surface area contributed by atoms with Gasteiger partial charge in [0, 0.05) is 43.7 Å². The number of hydrogen-bond acceptors (Lipinski definition) is 3. The number of fused-ring (bicyclic) bond motifs is 7. The minimum absolute atomic E-state index is 0.698. The summed E-state index contributed by atoms with van der Waals surface area (Å²) in [6.45, 7) is 0. The average Bonchev–Trinajstić information content (AvgIpc) is 3.79. The van der Waals surface area contributed by atoms with Gasteiger partial charge in [0.15, 0.2) is 5.82 Å². The molecule has 11 rings (SSSR count). The maximum atomic E-state index is 6.17. The van der Waals surface area contributed by atoms with E-state index in [0.29, 0.717) is 5.82 Å². The molecule has 0 bridgehead atoms. The van der Waals surface area contributed by atoms with Crippen molar-refractivity contribution < 1.29 is 4.42 Å². The maximum Gasteiger partial charge on any atom is 0.160 e. The normalized spacial score (nSPS) is 11.7. The van der Waals surface area contributed by atoms with Crippen molar-refractivity contribution >= 4 is 54.6 Å². The summed E-state index contributed by atoms with van der Waals surface area (Å²) in [7, 11) is 0. The number of furan rings is 1. The lowest BCUT2D eigenvalue weighted by atomic mass is 9.98. The van der Waals surface area contributed by atoms with Gasteiger partial charge in [0.25, 0.3) is 0 Å². The summed E-state index contributed by atoms with van der Waals surface area (Å²) in [6, 6.07) is 66.2. The standard InChI is InChI=1S/C50H31N3O/c1-3-11-33(12-4-1)49-43-30-35(36-25-28-46-42(29-36)39-15-7-9-17-45(39)53(46)38-13-5-2-6-14-38)24-27-44(43)51-50(52-49)34-21-19-32(20-22-34)37-23-26-41-40-16-8-10-18-47(40)54-48(41)31-37/h1-31H. The van der Waals surface area contributed by atoms with Crippen LogP contribution in [0, 0.1) is 0 Å². The van der Waals surface area contributed by atoms with Gasteiger partial charge < -0.3 is 8.98 Å². The first-order valence-electron chi connectivity index (χ1n) is 18.2. The van der Waals surface area contributed by atoms with Crippen molar-refractivity contribution in [1.82, 2.24) is 14.5 Å². The molecule has 3 heterocycles. The molecule has 11 aromatic rings. The van der Waals surface area contributed by atoms with E-state index in [0.717, 1.165) is 77.6 Å². The van der Waals surface area contributed by atoms with Crippen molar-refractivity contribution in [3.05, 3.63) is 188 Å². The first-order chi connectivity index (χ1) is 26.7. The minimum atomic E-state index is 0.698. The van der Waals surface area contributed by atoms with Gasteiger partial charge in [-0.3, -0.25) is 0 Å². The van der Waals surface area contributed by atoms with E-state index in [4.69, 9.17) is 14.4 Å². The molecule has 8 aromatic carbocycles. The fraction of sp³-hybridized carbons (Fsp3) is 0. The highest BCUT2D eigenvalue weighted by atomic mass is 16.3. The highest BCUT2D eigenvalue weighted by Crippen LogP contribution is 2.38. The number of benzene rings is 8. The number of hydrogen-bond donors (Lipinski definition) is 0. The minimum Gasteiger partial charge on any atom is -0.456 e. The van der Waals surface area contributed by atoms with Gasteiger partial charge in [0.05, 0.1) is 22.2 Å². The Morgan fingerprint density at radius 3 is 1.78 bits per heavy atom.